The van der Waals surface area contributed by atoms with E-state index in [9.17, 15) is 24.6 Å². The molecule has 0 aliphatic heterocycles. The Balaban J connectivity index is 0.768. The Morgan fingerprint density at radius 1 is 0.951 bits per heavy atom. The van der Waals surface area contributed by atoms with Crippen LogP contribution in [0.1, 0.15) is 114 Å². The van der Waals surface area contributed by atoms with Gasteiger partial charge in [0.1, 0.15) is 0 Å². The minimum Gasteiger partial charge on any atom is -0.390 e. The monoisotopic (exact) mass is 839 g/mol. The van der Waals surface area contributed by atoms with E-state index in [-0.39, 0.29) is 35.8 Å². The number of halogens is 1. The highest BCUT2D eigenvalue weighted by molar-refractivity contribution is 6.01. The molecule has 14 nitrogen and oxygen atoms in total. The molecule has 8 N–H and O–H groups in total. The molecule has 8 atom stereocenters. The minimum absolute atomic E-state index is 0.0286. The third-order valence-electron chi connectivity index (χ3n) is 14.7. The number of hydrogen-bond acceptors (Lipinski definition) is 12. The van der Waals surface area contributed by atoms with Crippen LogP contribution >= 0.6 is 0 Å². The number of carbonyl (C=O) groups excluding carboxylic acids is 3. The van der Waals surface area contributed by atoms with Gasteiger partial charge in [-0.1, -0.05) is 64.0 Å². The number of amides is 2. The van der Waals surface area contributed by atoms with E-state index >= 15 is 4.39 Å². The van der Waals surface area contributed by atoms with E-state index in [0.717, 1.165) is 57.1 Å². The molecular formula is C46H62FN9O5. The number of nitrogens with zero attached hydrogens (tertiary/aromatic N) is 5. The van der Waals surface area contributed by atoms with Gasteiger partial charge in [0.05, 0.1) is 24.5 Å². The Kier molecular flexibility index (Phi) is 12.6. The molecule has 1 unspecified atom stereocenters. The van der Waals surface area contributed by atoms with E-state index < -0.39 is 45.9 Å². The Morgan fingerprint density at radius 3 is 2.30 bits per heavy atom. The molecule has 0 spiro atoms. The summed E-state index contributed by atoms with van der Waals surface area (Å²) in [5.74, 6) is -1.70. The molecule has 4 aliphatic rings. The number of unbranched alkanes of at least 4 members (excludes halogenated alkanes) is 7. The fourth-order valence-electron chi connectivity index (χ4n) is 11.2. The molecule has 61 heavy (non-hydrogen) atoms. The maximum absolute atomic E-state index is 17.4. The first-order valence-corrected chi connectivity index (χ1v) is 22.0. The Morgan fingerprint density at radius 2 is 1.61 bits per heavy atom. The summed E-state index contributed by atoms with van der Waals surface area (Å²) in [6, 6.07) is 7.41. The maximum atomic E-state index is 17.4. The number of aromatic nitrogens is 4. The van der Waals surface area contributed by atoms with Gasteiger partial charge >= 0.3 is 0 Å². The Labute approximate surface area is 357 Å². The summed E-state index contributed by atoms with van der Waals surface area (Å²) in [7, 11) is 1.93. The number of aliphatic hydroxyl groups excluding tert-OH is 1. The van der Waals surface area contributed by atoms with Crippen molar-refractivity contribution < 1.29 is 29.0 Å². The number of ketones is 1. The summed E-state index contributed by atoms with van der Waals surface area (Å²) < 4.78 is 17.4. The number of fused-ring (bicyclic) bond motifs is 6. The summed E-state index contributed by atoms with van der Waals surface area (Å²) in [5.41, 5.74) is 9.45. The smallest absolute Gasteiger partial charge is 0.252 e. The first-order valence-electron chi connectivity index (χ1n) is 22.0. The lowest BCUT2D eigenvalue weighted by atomic mass is 9.44. The van der Waals surface area contributed by atoms with Crippen molar-refractivity contribution in [3.63, 3.8) is 0 Å². The molecule has 0 saturated heterocycles. The molecule has 15 heteroatoms. The molecule has 3 fully saturated rings. The zero-order chi connectivity index (χ0) is 43.7. The fourth-order valence-corrected chi connectivity index (χ4v) is 11.2. The minimum atomic E-state index is -1.99. The molecule has 4 aliphatic carbocycles. The van der Waals surface area contributed by atoms with Crippen molar-refractivity contribution in [1.29, 1.82) is 0 Å². The van der Waals surface area contributed by atoms with Gasteiger partial charge in [0.2, 0.25) is 5.95 Å². The summed E-state index contributed by atoms with van der Waals surface area (Å²) >= 11 is 0. The molecule has 2 aromatic heterocycles. The fraction of sp³-hybridized carbons (Fsp3) is 0.587. The average Bonchev–Trinajstić information content (AvgIpc) is 3.43. The van der Waals surface area contributed by atoms with Gasteiger partial charge in [-0.25, -0.2) is 14.4 Å². The van der Waals surface area contributed by atoms with Crippen LogP contribution in [0, 0.1) is 28.6 Å². The molecule has 3 saturated carbocycles. The van der Waals surface area contributed by atoms with Crippen molar-refractivity contribution in [3.8, 4) is 0 Å². The second-order valence-electron chi connectivity index (χ2n) is 18.4. The predicted molar refractivity (Wildman–Crippen MR) is 233 cm³/mol. The van der Waals surface area contributed by atoms with Crippen molar-refractivity contribution in [2.45, 2.75) is 122 Å². The van der Waals surface area contributed by atoms with Crippen LogP contribution in [-0.4, -0.2) is 85.3 Å². The molecular weight excluding hydrogens is 778 g/mol. The van der Waals surface area contributed by atoms with Crippen LogP contribution in [0.3, 0.4) is 0 Å². The third-order valence-corrected chi connectivity index (χ3v) is 14.7. The van der Waals surface area contributed by atoms with Crippen LogP contribution in [0.4, 0.5) is 21.8 Å². The lowest BCUT2D eigenvalue weighted by molar-refractivity contribution is -0.219. The number of allylic oxidation sites excluding steroid dienone is 4. The maximum Gasteiger partial charge on any atom is 0.252 e. The molecule has 0 radical (unpaired) electrons. The number of carbonyl (C=O) groups is 3. The summed E-state index contributed by atoms with van der Waals surface area (Å²) in [4.78, 5) is 57.6. The first kappa shape index (κ1) is 44.0. The largest absolute Gasteiger partial charge is 0.390 e. The molecule has 1 aromatic carbocycles. The van der Waals surface area contributed by atoms with Gasteiger partial charge in [0, 0.05) is 48.1 Å². The number of rotatable bonds is 16. The number of alkyl halides is 1. The molecule has 2 heterocycles. The van der Waals surface area contributed by atoms with Crippen LogP contribution in [0.25, 0.3) is 11.2 Å². The number of hydrogen-bond donors (Lipinski definition) is 6. The van der Waals surface area contributed by atoms with Crippen molar-refractivity contribution in [2.24, 2.45) is 28.6 Å². The lowest BCUT2D eigenvalue weighted by Crippen LogP contribution is -2.70. The van der Waals surface area contributed by atoms with E-state index in [2.05, 4.69) is 30.6 Å². The highest BCUT2D eigenvalue weighted by Gasteiger charge is 2.75. The third kappa shape index (κ3) is 7.99. The number of benzene rings is 1. The van der Waals surface area contributed by atoms with Gasteiger partial charge in [0.15, 0.2) is 34.0 Å². The van der Waals surface area contributed by atoms with Crippen LogP contribution in [-0.2, 0) is 16.1 Å². The molecule has 2 amide bonds. The lowest BCUT2D eigenvalue weighted by Gasteiger charge is -2.62. The standard InChI is InChI=1S/C46H62FN9O5/c1-28-23-35-34-18-15-30-24-33(57)19-20-43(30,2)45(34,47)36(58)25-44(35,3)46(28,61)41(60)51-22-12-10-8-6-5-7-9-11-21-50-40(59)29-13-16-32(17-14-29)56(4)27-31-26-52-39-37(53-31)38(48)54-42(49)55-39/h13-14,16-17,19-20,24,26,28,34-36,58,61H,5-12,15,18,21-23,25,27H2,1-4H3,(H,50,59)(H,51,60)(H4,48,49,52,54,55)/t28-,34?,35+,36+,43+,44+,45+,46+/m0/s1. The SMILES string of the molecule is C[C@H]1C[C@@H]2C3CCC4=CC(=O)C=C[C@@]4(C)[C@]3(F)[C@H](O)C[C@@]2(C)[C@]1(O)C(=O)NCCCCCCCCCCNC(=O)c1ccc(N(C)Cc2cnc3nc(N)nc(N)c3n2)cc1. The van der Waals surface area contributed by atoms with Crippen LogP contribution in [0.2, 0.25) is 0 Å². The van der Waals surface area contributed by atoms with Gasteiger partial charge in [0.25, 0.3) is 11.8 Å². The van der Waals surface area contributed by atoms with Gasteiger partial charge in [-0.15, -0.1) is 0 Å². The Hall–Kier alpha value is -5.02. The molecule has 7 rings (SSSR count). The normalized spacial score (nSPS) is 30.3. The number of aliphatic hydroxyl groups is 2. The summed E-state index contributed by atoms with van der Waals surface area (Å²) in [5, 5.41) is 29.8. The summed E-state index contributed by atoms with van der Waals surface area (Å²) in [6.45, 7) is 7.03. The number of nitrogens with two attached hydrogens (primary N) is 2. The molecule has 0 bridgehead atoms. The topological polar surface area (TPSA) is 223 Å². The second-order valence-corrected chi connectivity index (χ2v) is 18.4. The zero-order valence-corrected chi connectivity index (χ0v) is 35.9. The second kappa shape index (κ2) is 17.4. The zero-order valence-electron chi connectivity index (χ0n) is 35.9. The van der Waals surface area contributed by atoms with Gasteiger partial charge in [-0.2, -0.15) is 9.97 Å². The molecule has 3 aromatic rings. The van der Waals surface area contributed by atoms with Crippen molar-refractivity contribution >= 4 is 46.2 Å². The van der Waals surface area contributed by atoms with Gasteiger partial charge < -0.3 is 37.2 Å². The van der Waals surface area contributed by atoms with E-state index in [1.807, 2.05) is 50.1 Å². The van der Waals surface area contributed by atoms with Crippen molar-refractivity contribution in [3.05, 3.63) is 65.5 Å². The van der Waals surface area contributed by atoms with Gasteiger partial charge in [-0.3, -0.25) is 14.4 Å². The quantitative estimate of drug-likeness (QED) is 0.0980. The van der Waals surface area contributed by atoms with Crippen LogP contribution in [0.5, 0.6) is 0 Å². The predicted octanol–water partition coefficient (Wildman–Crippen LogP) is 5.54. The summed E-state index contributed by atoms with van der Waals surface area (Å²) in [6.07, 6.45) is 14.2. The highest BCUT2D eigenvalue weighted by Crippen LogP contribution is 2.70. The first-order chi connectivity index (χ1) is 29.0. The Bertz CT molecular complexity index is 2200. The van der Waals surface area contributed by atoms with E-state index in [1.54, 1.807) is 19.2 Å². The van der Waals surface area contributed by atoms with Gasteiger partial charge in [-0.05, 0) is 93.7 Å². The van der Waals surface area contributed by atoms with E-state index in [0.29, 0.717) is 66.9 Å². The van der Waals surface area contributed by atoms with E-state index in [4.69, 9.17) is 11.5 Å². The van der Waals surface area contributed by atoms with E-state index in [1.165, 1.54) is 12.2 Å². The van der Waals surface area contributed by atoms with Crippen molar-refractivity contribution in [1.82, 2.24) is 30.6 Å². The highest BCUT2D eigenvalue weighted by atomic mass is 19.1. The average molecular weight is 840 g/mol. The van der Waals surface area contributed by atoms with Crippen LogP contribution < -0.4 is 27.0 Å². The van der Waals surface area contributed by atoms with Crippen LogP contribution in [0.15, 0.2) is 54.3 Å². The molecule has 328 valence electrons. The number of anilines is 3. The number of nitrogen functional groups attached to an aromatic ring is 2. The number of nitrogens with one attached hydrogen (secondary N) is 2. The van der Waals surface area contributed by atoms with Crippen molar-refractivity contribution in [2.75, 3.05) is 36.5 Å².